The van der Waals surface area contributed by atoms with E-state index in [0.717, 1.165) is 0 Å². The maximum Gasteiger partial charge on any atom is 0.401 e. The Hall–Kier alpha value is -0.920. The molecule has 0 aliphatic rings. The molecule has 106 valence electrons. The van der Waals surface area contributed by atoms with Crippen LogP contribution in [-0.4, -0.2) is 35.0 Å². The first kappa shape index (κ1) is 17.1. The van der Waals surface area contributed by atoms with Gasteiger partial charge in [0.25, 0.3) is 0 Å². The van der Waals surface area contributed by atoms with Crippen molar-refractivity contribution in [2.45, 2.75) is 32.5 Å². The van der Waals surface area contributed by atoms with Crippen LogP contribution in [0.1, 0.15) is 20.3 Å². The van der Waals surface area contributed by atoms with Crippen molar-refractivity contribution in [3.63, 3.8) is 0 Å². The molecule has 0 aliphatic carbocycles. The van der Waals surface area contributed by atoms with Gasteiger partial charge in [-0.2, -0.15) is 25.8 Å². The van der Waals surface area contributed by atoms with Gasteiger partial charge in [-0.05, 0) is 5.92 Å². The normalized spacial score (nSPS) is 16.8. The standard InChI is InChI=1S/C10H16F3NO3S/c1-3-5(2)7(9(16)17)14-8(15)6(4-18)10(11,12)13/h5-7,18H,3-4H2,1-2H3,(H,14,15)(H,16,17)/t5-,6+,7-/m0/s1. The second kappa shape index (κ2) is 6.86. The van der Waals surface area contributed by atoms with Crippen molar-refractivity contribution >= 4 is 24.5 Å². The maximum atomic E-state index is 12.4. The third-order valence-electron chi connectivity index (χ3n) is 2.67. The lowest BCUT2D eigenvalue weighted by atomic mass is 9.98. The topological polar surface area (TPSA) is 66.4 Å². The molecule has 4 nitrogen and oxygen atoms in total. The molecular formula is C10H16F3NO3S. The highest BCUT2D eigenvalue weighted by molar-refractivity contribution is 7.80. The van der Waals surface area contributed by atoms with E-state index in [1.165, 1.54) is 0 Å². The first-order valence-corrected chi connectivity index (χ1v) is 5.99. The van der Waals surface area contributed by atoms with Crippen LogP contribution in [0.2, 0.25) is 0 Å². The molecule has 0 saturated carbocycles. The van der Waals surface area contributed by atoms with E-state index in [1.807, 2.05) is 5.32 Å². The van der Waals surface area contributed by atoms with E-state index in [4.69, 9.17) is 5.11 Å². The monoisotopic (exact) mass is 287 g/mol. The van der Waals surface area contributed by atoms with Crippen molar-refractivity contribution in [1.82, 2.24) is 5.32 Å². The average molecular weight is 287 g/mol. The largest absolute Gasteiger partial charge is 0.480 e. The van der Waals surface area contributed by atoms with Crippen molar-refractivity contribution in [1.29, 1.82) is 0 Å². The molecular weight excluding hydrogens is 271 g/mol. The summed E-state index contributed by atoms with van der Waals surface area (Å²) in [6.07, 6.45) is -4.31. The summed E-state index contributed by atoms with van der Waals surface area (Å²) in [4.78, 5) is 22.3. The molecule has 0 fully saturated rings. The average Bonchev–Trinajstić information content (AvgIpc) is 2.23. The van der Waals surface area contributed by atoms with Crippen LogP contribution in [0.3, 0.4) is 0 Å². The number of rotatable bonds is 6. The van der Waals surface area contributed by atoms with Gasteiger partial charge in [0.05, 0.1) is 0 Å². The van der Waals surface area contributed by atoms with E-state index >= 15 is 0 Å². The van der Waals surface area contributed by atoms with Gasteiger partial charge in [0, 0.05) is 5.75 Å². The molecule has 0 saturated heterocycles. The highest BCUT2D eigenvalue weighted by Crippen LogP contribution is 2.27. The highest BCUT2D eigenvalue weighted by Gasteiger charge is 2.45. The Balaban J connectivity index is 4.84. The first-order chi connectivity index (χ1) is 8.15. The van der Waals surface area contributed by atoms with Gasteiger partial charge in [-0.15, -0.1) is 0 Å². The van der Waals surface area contributed by atoms with Crippen LogP contribution in [0.25, 0.3) is 0 Å². The quantitative estimate of drug-likeness (QED) is 0.652. The maximum absolute atomic E-state index is 12.4. The van der Waals surface area contributed by atoms with Gasteiger partial charge in [-0.1, -0.05) is 20.3 Å². The van der Waals surface area contributed by atoms with Crippen LogP contribution in [0, 0.1) is 11.8 Å². The Morgan fingerprint density at radius 3 is 2.17 bits per heavy atom. The van der Waals surface area contributed by atoms with E-state index in [2.05, 4.69) is 12.6 Å². The minimum atomic E-state index is -4.73. The van der Waals surface area contributed by atoms with E-state index in [9.17, 15) is 22.8 Å². The predicted octanol–water partition coefficient (Wildman–Crippen LogP) is 1.71. The molecule has 0 bridgehead atoms. The number of alkyl halides is 3. The Bertz CT molecular complexity index is 309. The fourth-order valence-corrected chi connectivity index (χ4v) is 1.64. The molecule has 3 atom stereocenters. The third-order valence-corrected chi connectivity index (χ3v) is 3.04. The number of carboxylic acids is 1. The Morgan fingerprint density at radius 1 is 1.39 bits per heavy atom. The van der Waals surface area contributed by atoms with Gasteiger partial charge in [0.1, 0.15) is 12.0 Å². The lowest BCUT2D eigenvalue weighted by Gasteiger charge is -2.24. The number of carboxylic acid groups (broad SMARTS) is 1. The molecule has 1 amide bonds. The number of aliphatic carboxylic acids is 1. The Labute approximate surface area is 108 Å². The molecule has 0 radical (unpaired) electrons. The van der Waals surface area contributed by atoms with Crippen LogP contribution in [0.15, 0.2) is 0 Å². The molecule has 2 N–H and O–H groups in total. The van der Waals surface area contributed by atoms with E-state index in [-0.39, 0.29) is 0 Å². The molecule has 0 aromatic rings. The molecule has 0 spiro atoms. The van der Waals surface area contributed by atoms with Crippen molar-refractivity contribution in [2.24, 2.45) is 11.8 Å². The van der Waals surface area contributed by atoms with Crippen molar-refractivity contribution in [3.8, 4) is 0 Å². The Morgan fingerprint density at radius 2 is 1.89 bits per heavy atom. The molecule has 0 unspecified atom stereocenters. The molecule has 18 heavy (non-hydrogen) atoms. The van der Waals surface area contributed by atoms with Crippen LogP contribution in [-0.2, 0) is 9.59 Å². The molecule has 0 heterocycles. The van der Waals surface area contributed by atoms with Crippen LogP contribution in [0.4, 0.5) is 13.2 Å². The lowest BCUT2D eigenvalue weighted by molar-refractivity contribution is -0.179. The summed E-state index contributed by atoms with van der Waals surface area (Å²) in [6, 6.07) is -1.33. The van der Waals surface area contributed by atoms with Crippen LogP contribution < -0.4 is 5.32 Å². The summed E-state index contributed by atoms with van der Waals surface area (Å²) in [7, 11) is 0. The molecule has 0 aromatic heterocycles. The highest BCUT2D eigenvalue weighted by atomic mass is 32.1. The summed E-state index contributed by atoms with van der Waals surface area (Å²) < 4.78 is 37.3. The second-order valence-corrected chi connectivity index (χ2v) is 4.35. The molecule has 0 aromatic carbocycles. The third kappa shape index (κ3) is 4.75. The summed E-state index contributed by atoms with van der Waals surface area (Å²) >= 11 is 3.47. The number of hydrogen-bond donors (Lipinski definition) is 3. The molecule has 0 aliphatic heterocycles. The van der Waals surface area contributed by atoms with Crippen molar-refractivity contribution < 1.29 is 27.9 Å². The van der Waals surface area contributed by atoms with Crippen LogP contribution in [0.5, 0.6) is 0 Å². The SMILES string of the molecule is CC[C@H](C)[C@H](NC(=O)[C@@H](CS)C(F)(F)F)C(=O)O. The van der Waals surface area contributed by atoms with Gasteiger partial charge >= 0.3 is 12.1 Å². The van der Waals surface area contributed by atoms with Gasteiger partial charge < -0.3 is 10.4 Å². The van der Waals surface area contributed by atoms with Gasteiger partial charge in [-0.3, -0.25) is 4.79 Å². The number of thiol groups is 1. The van der Waals surface area contributed by atoms with Crippen LogP contribution >= 0.6 is 12.6 Å². The minimum Gasteiger partial charge on any atom is -0.480 e. The minimum absolute atomic E-state index is 0.425. The number of nitrogens with one attached hydrogen (secondary N) is 1. The number of amides is 1. The second-order valence-electron chi connectivity index (χ2n) is 3.99. The summed E-state index contributed by atoms with van der Waals surface area (Å²) in [5.74, 6) is -6.18. The molecule has 0 rings (SSSR count). The fourth-order valence-electron chi connectivity index (χ4n) is 1.27. The summed E-state index contributed by atoms with van der Waals surface area (Å²) in [5, 5.41) is 10.8. The smallest absolute Gasteiger partial charge is 0.401 e. The zero-order valence-corrected chi connectivity index (χ0v) is 10.9. The van der Waals surface area contributed by atoms with Crippen molar-refractivity contribution in [3.05, 3.63) is 0 Å². The number of hydrogen-bond acceptors (Lipinski definition) is 3. The Kier molecular flexibility index (Phi) is 6.51. The summed E-state index contributed by atoms with van der Waals surface area (Å²) in [5.41, 5.74) is 0. The van der Waals surface area contributed by atoms with Gasteiger partial charge in [-0.25, -0.2) is 4.79 Å². The molecule has 8 heteroatoms. The van der Waals surface area contributed by atoms with E-state index in [0.29, 0.717) is 6.42 Å². The fraction of sp³-hybridized carbons (Fsp3) is 0.800. The first-order valence-electron chi connectivity index (χ1n) is 5.35. The lowest BCUT2D eigenvalue weighted by Crippen LogP contribution is -2.50. The van der Waals surface area contributed by atoms with Crippen molar-refractivity contribution in [2.75, 3.05) is 5.75 Å². The zero-order valence-electron chi connectivity index (χ0n) is 9.99. The predicted molar refractivity (Wildman–Crippen MR) is 62.4 cm³/mol. The summed E-state index contributed by atoms with van der Waals surface area (Å²) in [6.45, 7) is 3.23. The van der Waals surface area contributed by atoms with E-state index < -0.39 is 41.7 Å². The number of carbonyl (C=O) groups excluding carboxylic acids is 1. The van der Waals surface area contributed by atoms with E-state index in [1.54, 1.807) is 13.8 Å². The van der Waals surface area contributed by atoms with Gasteiger partial charge in [0.15, 0.2) is 0 Å². The zero-order chi connectivity index (χ0) is 14.5. The number of carbonyl (C=O) groups is 2. The number of halogens is 3. The van der Waals surface area contributed by atoms with Gasteiger partial charge in [0.2, 0.25) is 5.91 Å².